The number of nitrogens with zero attached hydrogens (tertiary/aromatic N) is 1. The summed E-state index contributed by atoms with van der Waals surface area (Å²) in [6, 6.07) is 8.20. The van der Waals surface area contributed by atoms with Crippen molar-refractivity contribution in [3.05, 3.63) is 29.8 Å². The Kier molecular flexibility index (Phi) is 6.25. The van der Waals surface area contributed by atoms with E-state index in [2.05, 4.69) is 48.4 Å². The third kappa shape index (κ3) is 4.23. The summed E-state index contributed by atoms with van der Waals surface area (Å²) < 4.78 is 0. The van der Waals surface area contributed by atoms with E-state index in [0.29, 0.717) is 5.92 Å². The van der Waals surface area contributed by atoms with Gasteiger partial charge in [-0.15, -0.1) is 0 Å². The molecule has 4 heteroatoms. The molecule has 0 saturated carbocycles. The van der Waals surface area contributed by atoms with Gasteiger partial charge >= 0.3 is 0 Å². The van der Waals surface area contributed by atoms with Crippen LogP contribution in [-0.4, -0.2) is 38.1 Å². The normalized spacial score (nSPS) is 21.4. The molecule has 0 aromatic heterocycles. The van der Waals surface area contributed by atoms with Crippen LogP contribution in [0.2, 0.25) is 0 Å². The lowest BCUT2D eigenvalue weighted by atomic mass is 9.94. The molecule has 1 saturated heterocycles. The van der Waals surface area contributed by atoms with Crippen molar-refractivity contribution in [2.24, 2.45) is 5.92 Å². The van der Waals surface area contributed by atoms with Crippen LogP contribution in [-0.2, 0) is 0 Å². The molecular formula is C18H29N3O. The Labute approximate surface area is 134 Å². The average Bonchev–Trinajstić information content (AvgIpc) is 2.55. The summed E-state index contributed by atoms with van der Waals surface area (Å²) in [5, 5.41) is 6.50. The van der Waals surface area contributed by atoms with E-state index in [0.717, 1.165) is 44.6 Å². The smallest absolute Gasteiger partial charge is 0.251 e. The molecular weight excluding hydrogens is 274 g/mol. The predicted octanol–water partition coefficient (Wildman–Crippen LogP) is 2.65. The van der Waals surface area contributed by atoms with Gasteiger partial charge in [0.15, 0.2) is 0 Å². The second-order valence-electron chi connectivity index (χ2n) is 6.18. The van der Waals surface area contributed by atoms with Crippen LogP contribution in [0.5, 0.6) is 0 Å². The van der Waals surface area contributed by atoms with Crippen molar-refractivity contribution in [3.63, 3.8) is 0 Å². The minimum atomic E-state index is 0.0330. The first-order valence-electron chi connectivity index (χ1n) is 8.52. The molecule has 0 radical (unpaired) electrons. The molecule has 22 heavy (non-hydrogen) atoms. The Hall–Kier alpha value is -1.55. The highest BCUT2D eigenvalue weighted by molar-refractivity contribution is 5.94. The van der Waals surface area contributed by atoms with Crippen molar-refractivity contribution in [2.45, 2.75) is 39.7 Å². The van der Waals surface area contributed by atoms with E-state index in [1.807, 2.05) is 12.1 Å². The average molecular weight is 303 g/mol. The maximum atomic E-state index is 12.4. The molecule has 0 bridgehead atoms. The number of hydrogen-bond acceptors (Lipinski definition) is 3. The molecule has 2 atom stereocenters. The molecule has 1 aromatic carbocycles. The molecule has 1 aromatic rings. The maximum absolute atomic E-state index is 12.4. The lowest BCUT2D eigenvalue weighted by Crippen LogP contribution is -2.50. The Morgan fingerprint density at radius 3 is 2.64 bits per heavy atom. The van der Waals surface area contributed by atoms with Crippen LogP contribution in [0.3, 0.4) is 0 Å². The summed E-state index contributed by atoms with van der Waals surface area (Å²) in [7, 11) is 0. The molecule has 1 amide bonds. The van der Waals surface area contributed by atoms with Gasteiger partial charge in [0.2, 0.25) is 0 Å². The van der Waals surface area contributed by atoms with Crippen LogP contribution in [0.15, 0.2) is 24.3 Å². The van der Waals surface area contributed by atoms with Crippen LogP contribution in [0.1, 0.15) is 44.0 Å². The van der Waals surface area contributed by atoms with Gasteiger partial charge in [-0.1, -0.05) is 13.8 Å². The van der Waals surface area contributed by atoms with Crippen molar-refractivity contribution in [1.82, 2.24) is 10.6 Å². The van der Waals surface area contributed by atoms with Gasteiger partial charge in [0.1, 0.15) is 0 Å². The number of carbonyl (C=O) groups excluding carboxylic acids is 1. The molecule has 1 aliphatic rings. The van der Waals surface area contributed by atoms with Crippen LogP contribution in [0, 0.1) is 5.92 Å². The minimum absolute atomic E-state index is 0.0330. The Bertz CT molecular complexity index is 472. The maximum Gasteiger partial charge on any atom is 0.251 e. The van der Waals surface area contributed by atoms with E-state index in [4.69, 9.17) is 0 Å². The molecule has 1 heterocycles. The fourth-order valence-corrected chi connectivity index (χ4v) is 3.00. The SMILES string of the molecule is CCCN(CC)c1ccc(C(=O)NC2CNCCC2C)cc1. The quantitative estimate of drug-likeness (QED) is 0.849. The number of benzene rings is 1. The number of hydrogen-bond donors (Lipinski definition) is 2. The second kappa shape index (κ2) is 8.18. The van der Waals surface area contributed by atoms with E-state index in [1.165, 1.54) is 5.69 Å². The van der Waals surface area contributed by atoms with Crippen molar-refractivity contribution >= 4 is 11.6 Å². The van der Waals surface area contributed by atoms with Gasteiger partial charge in [-0.3, -0.25) is 4.79 Å². The van der Waals surface area contributed by atoms with Gasteiger partial charge in [0, 0.05) is 36.9 Å². The minimum Gasteiger partial charge on any atom is -0.372 e. The monoisotopic (exact) mass is 303 g/mol. The lowest BCUT2D eigenvalue weighted by molar-refractivity contribution is 0.0915. The molecule has 2 N–H and O–H groups in total. The molecule has 0 spiro atoms. The third-order valence-corrected chi connectivity index (χ3v) is 4.51. The molecule has 122 valence electrons. The standard InChI is InChI=1S/C18H29N3O/c1-4-12-21(5-2)16-8-6-15(7-9-16)18(22)20-17-13-19-11-10-14(17)3/h6-9,14,17,19H,4-5,10-13H2,1-3H3,(H,20,22). The summed E-state index contributed by atoms with van der Waals surface area (Å²) in [5.41, 5.74) is 1.93. The van der Waals surface area contributed by atoms with Crippen molar-refractivity contribution in [1.29, 1.82) is 0 Å². The van der Waals surface area contributed by atoms with Gasteiger partial charge in [-0.05, 0) is 56.5 Å². The first-order valence-corrected chi connectivity index (χ1v) is 8.52. The Morgan fingerprint density at radius 2 is 2.05 bits per heavy atom. The number of piperidine rings is 1. The third-order valence-electron chi connectivity index (χ3n) is 4.51. The van der Waals surface area contributed by atoms with Crippen LogP contribution in [0.4, 0.5) is 5.69 Å². The fourth-order valence-electron chi connectivity index (χ4n) is 3.00. The zero-order chi connectivity index (χ0) is 15.9. The highest BCUT2D eigenvalue weighted by Gasteiger charge is 2.23. The Balaban J connectivity index is 1.98. The number of rotatable bonds is 6. The first-order chi connectivity index (χ1) is 10.7. The number of amides is 1. The molecule has 4 nitrogen and oxygen atoms in total. The van der Waals surface area contributed by atoms with E-state index < -0.39 is 0 Å². The zero-order valence-corrected chi connectivity index (χ0v) is 14.1. The largest absolute Gasteiger partial charge is 0.372 e. The van der Waals surface area contributed by atoms with Gasteiger partial charge < -0.3 is 15.5 Å². The van der Waals surface area contributed by atoms with Gasteiger partial charge in [0.25, 0.3) is 5.91 Å². The summed E-state index contributed by atoms with van der Waals surface area (Å²) in [6.45, 7) is 10.5. The van der Waals surface area contributed by atoms with Gasteiger partial charge in [0.05, 0.1) is 0 Å². The van der Waals surface area contributed by atoms with E-state index >= 15 is 0 Å². The fraction of sp³-hybridized carbons (Fsp3) is 0.611. The summed E-state index contributed by atoms with van der Waals surface area (Å²) >= 11 is 0. The van der Waals surface area contributed by atoms with Crippen molar-refractivity contribution < 1.29 is 4.79 Å². The molecule has 2 unspecified atom stereocenters. The molecule has 1 fully saturated rings. The van der Waals surface area contributed by atoms with Crippen molar-refractivity contribution in [2.75, 3.05) is 31.1 Å². The predicted molar refractivity (Wildman–Crippen MR) is 92.5 cm³/mol. The van der Waals surface area contributed by atoms with Gasteiger partial charge in [-0.25, -0.2) is 0 Å². The summed E-state index contributed by atoms with van der Waals surface area (Å²) in [6.07, 6.45) is 2.25. The van der Waals surface area contributed by atoms with Crippen LogP contribution >= 0.6 is 0 Å². The van der Waals surface area contributed by atoms with Gasteiger partial charge in [-0.2, -0.15) is 0 Å². The van der Waals surface area contributed by atoms with Crippen LogP contribution in [0.25, 0.3) is 0 Å². The number of anilines is 1. The summed E-state index contributed by atoms with van der Waals surface area (Å²) in [5.74, 6) is 0.565. The Morgan fingerprint density at radius 1 is 1.32 bits per heavy atom. The lowest BCUT2D eigenvalue weighted by Gasteiger charge is -2.30. The second-order valence-corrected chi connectivity index (χ2v) is 6.18. The zero-order valence-electron chi connectivity index (χ0n) is 14.1. The van der Waals surface area contributed by atoms with Crippen molar-refractivity contribution in [3.8, 4) is 0 Å². The summed E-state index contributed by atoms with van der Waals surface area (Å²) in [4.78, 5) is 14.7. The first kappa shape index (κ1) is 16.8. The molecule has 2 rings (SSSR count). The molecule has 1 aliphatic heterocycles. The number of carbonyl (C=O) groups is 1. The topological polar surface area (TPSA) is 44.4 Å². The highest BCUT2D eigenvalue weighted by atomic mass is 16.1. The van der Waals surface area contributed by atoms with E-state index in [1.54, 1.807) is 0 Å². The van der Waals surface area contributed by atoms with E-state index in [9.17, 15) is 4.79 Å². The van der Waals surface area contributed by atoms with Crippen LogP contribution < -0.4 is 15.5 Å². The van der Waals surface area contributed by atoms with E-state index in [-0.39, 0.29) is 11.9 Å². The molecule has 0 aliphatic carbocycles. The number of nitrogens with one attached hydrogen (secondary N) is 2. The highest BCUT2D eigenvalue weighted by Crippen LogP contribution is 2.17.